The number of nitrogens with one attached hydrogen (secondary N) is 4. The van der Waals surface area contributed by atoms with Gasteiger partial charge in [-0.25, -0.2) is 9.98 Å². The van der Waals surface area contributed by atoms with Crippen molar-refractivity contribution in [1.82, 2.24) is 18.4 Å². The number of aromatic amines is 2. The summed E-state index contributed by atoms with van der Waals surface area (Å²) in [4.78, 5) is 20.2. The quantitative estimate of drug-likeness (QED) is 0.0346. The standard InChI is InChI=1S/C72H78N8O6Si/c1-7-13-35-81-61-49-31-23-19-27-45(49)41-53-57(61)67-73-65(53)75-71-60-56(44-48-30-22-26-34-52(48)64(60)84-38-16-10-4)70-78-68-58-54(42-46-28-20-24-32-50(46)62(58)82-36-14-8-2)66(74-68)76-72-59-55(43-47-29-21-25-33-51(47)63(59)83-37-15-9-3)69(77-67)79(72)87(80(70)71,85-39-17-11-5)86-40-18-12-6/h19-34,41-44,73-75,78H,7-18,35-40H2,1-6H3. The monoisotopic (exact) mass is 1180 g/mol. The highest BCUT2D eigenvalue weighted by atomic mass is 28.4. The molecule has 6 heterocycles. The van der Waals surface area contributed by atoms with Crippen LogP contribution in [-0.2, 0) is 8.85 Å². The van der Waals surface area contributed by atoms with E-state index in [0.29, 0.717) is 62.3 Å². The third-order valence-electron chi connectivity index (χ3n) is 17.4. The zero-order chi connectivity index (χ0) is 59.2. The molecule has 0 fully saturated rings. The molecule has 0 amide bonds. The Labute approximate surface area is 507 Å². The maximum atomic E-state index is 8.10. The van der Waals surface area contributed by atoms with Gasteiger partial charge in [0.15, 0.2) is 0 Å². The van der Waals surface area contributed by atoms with Crippen molar-refractivity contribution in [3.63, 3.8) is 0 Å². The van der Waals surface area contributed by atoms with Crippen LogP contribution in [0, 0.1) is 0 Å². The van der Waals surface area contributed by atoms with E-state index in [0.717, 1.165) is 209 Å². The molecular formula is C72H78N8O6Si. The first kappa shape index (κ1) is 56.3. The van der Waals surface area contributed by atoms with Crippen molar-refractivity contribution in [2.24, 2.45) is 9.98 Å². The molecule has 2 aliphatic heterocycles. The van der Waals surface area contributed by atoms with Crippen LogP contribution < -0.4 is 40.6 Å². The lowest BCUT2D eigenvalue weighted by Gasteiger charge is -2.35. The summed E-state index contributed by atoms with van der Waals surface area (Å²) in [5.74, 6) is 7.23. The minimum atomic E-state index is -4.49. The molecule has 6 bridgehead atoms. The van der Waals surface area contributed by atoms with E-state index in [9.17, 15) is 0 Å². The number of benzene rings is 8. The molecule has 0 atom stereocenters. The average Bonchev–Trinajstić information content (AvgIpc) is 1.54. The van der Waals surface area contributed by atoms with E-state index in [1.165, 1.54) is 0 Å². The Morgan fingerprint density at radius 2 is 0.759 bits per heavy atom. The number of aromatic nitrogens is 4. The van der Waals surface area contributed by atoms with Crippen molar-refractivity contribution in [2.75, 3.05) is 50.3 Å². The fourth-order valence-electron chi connectivity index (χ4n) is 12.9. The van der Waals surface area contributed by atoms with E-state index >= 15 is 0 Å². The molecule has 0 saturated heterocycles. The third kappa shape index (κ3) is 9.51. The smallest absolute Gasteiger partial charge is 0.492 e. The van der Waals surface area contributed by atoms with E-state index in [2.05, 4.69) is 192 Å². The summed E-state index contributed by atoms with van der Waals surface area (Å²) in [7, 11) is -4.49. The third-order valence-corrected chi connectivity index (χ3v) is 20.5. The van der Waals surface area contributed by atoms with Crippen molar-refractivity contribution in [1.29, 1.82) is 0 Å². The highest BCUT2D eigenvalue weighted by Crippen LogP contribution is 2.53. The Kier molecular flexibility index (Phi) is 15.5. The lowest BCUT2D eigenvalue weighted by molar-refractivity contribution is 0.144. The van der Waals surface area contributed by atoms with Gasteiger partial charge in [0, 0.05) is 56.3 Å². The fraction of sp³-hybridized carbons (Fsp3) is 0.333. The molecule has 14 rings (SSSR count). The Hall–Kier alpha value is -8.50. The van der Waals surface area contributed by atoms with Crippen LogP contribution in [0.15, 0.2) is 131 Å². The predicted octanol–water partition coefficient (Wildman–Crippen LogP) is 18.4. The number of rotatable bonds is 24. The van der Waals surface area contributed by atoms with Gasteiger partial charge in [0.2, 0.25) is 0 Å². The zero-order valence-corrected chi connectivity index (χ0v) is 52.0. The molecule has 4 N–H and O–H groups in total. The fourth-order valence-corrected chi connectivity index (χ4v) is 16.3. The van der Waals surface area contributed by atoms with Gasteiger partial charge < -0.3 is 48.4 Å². The lowest BCUT2D eigenvalue weighted by atomic mass is 10.0. The number of nitrogens with zero attached hydrogens (tertiary/aromatic N) is 4. The predicted molar refractivity (Wildman–Crippen MR) is 359 cm³/mol. The molecule has 0 saturated carbocycles. The molecule has 0 radical (unpaired) electrons. The first-order valence-corrected chi connectivity index (χ1v) is 33.8. The van der Waals surface area contributed by atoms with E-state index in [1.54, 1.807) is 0 Å². The van der Waals surface area contributed by atoms with E-state index < -0.39 is 8.88 Å². The van der Waals surface area contributed by atoms with Crippen molar-refractivity contribution in [2.45, 2.75) is 119 Å². The van der Waals surface area contributed by atoms with E-state index in [-0.39, 0.29) is 0 Å². The van der Waals surface area contributed by atoms with Gasteiger partial charge in [0.05, 0.1) is 48.0 Å². The van der Waals surface area contributed by atoms with Crippen LogP contribution >= 0.6 is 0 Å². The molecule has 87 heavy (non-hydrogen) atoms. The summed E-state index contributed by atoms with van der Waals surface area (Å²) in [6.45, 7) is 16.1. The van der Waals surface area contributed by atoms with Crippen LogP contribution in [0.5, 0.6) is 23.0 Å². The SMILES string of the molecule is CCCCOc1c2ccccc2cc2c3[nH]c(c12)N=c1c2cc4ccccc4c(OCCCC)c2c2n1[Si](OCCCC)(OCCCC)n1c(c4cc5ccccc5c(OCCCC)c4c1N3)Nc1[nH]c(c3cc4ccccc4c(OCCCC)c13)N=2. The number of anilines is 4. The second-order valence-corrected chi connectivity index (χ2v) is 25.9. The number of hydrogen-bond acceptors (Lipinski definition) is 10. The van der Waals surface area contributed by atoms with Gasteiger partial charge >= 0.3 is 8.88 Å². The summed E-state index contributed by atoms with van der Waals surface area (Å²) in [6.07, 6.45) is 10.7. The van der Waals surface area contributed by atoms with Gasteiger partial charge in [-0.1, -0.05) is 177 Å². The van der Waals surface area contributed by atoms with Crippen molar-refractivity contribution >= 4 is 130 Å². The maximum absolute atomic E-state index is 8.10. The van der Waals surface area contributed by atoms with Crippen molar-refractivity contribution in [3.05, 3.63) is 132 Å². The number of unbranched alkanes of at least 4 members (excludes halogenated alkanes) is 6. The van der Waals surface area contributed by atoms with Gasteiger partial charge in [-0.05, 0) is 84.3 Å². The topological polar surface area (TPSA) is 146 Å². The minimum absolute atomic E-state index is 0.373. The molecule has 14 nitrogen and oxygen atoms in total. The summed E-state index contributed by atoms with van der Waals surface area (Å²) in [5.41, 5.74) is 1.21. The van der Waals surface area contributed by atoms with E-state index in [4.69, 9.17) is 37.8 Å². The molecule has 4 aromatic heterocycles. The van der Waals surface area contributed by atoms with Gasteiger partial charge in [-0.2, -0.15) is 0 Å². The highest BCUT2D eigenvalue weighted by Gasteiger charge is 2.53. The van der Waals surface area contributed by atoms with Crippen LogP contribution in [0.4, 0.5) is 34.9 Å². The maximum Gasteiger partial charge on any atom is 0.603 e. The minimum Gasteiger partial charge on any atom is -0.492 e. The largest absolute Gasteiger partial charge is 0.603 e. The highest BCUT2D eigenvalue weighted by molar-refractivity contribution is 6.66. The molecule has 0 unspecified atom stereocenters. The molecule has 0 aliphatic carbocycles. The van der Waals surface area contributed by atoms with Crippen LogP contribution in [0.1, 0.15) is 119 Å². The van der Waals surface area contributed by atoms with Gasteiger partial charge in [-0.15, -0.1) is 0 Å². The second kappa shape index (κ2) is 24.0. The molecule has 0 spiro atoms. The number of fused-ring (bicyclic) bond motifs is 20. The molecule has 12 aromatic rings. The van der Waals surface area contributed by atoms with Gasteiger partial charge in [0.25, 0.3) is 0 Å². The van der Waals surface area contributed by atoms with Crippen molar-refractivity contribution in [3.8, 4) is 23.0 Å². The Morgan fingerprint density at radius 1 is 0.356 bits per heavy atom. The van der Waals surface area contributed by atoms with E-state index in [1.807, 2.05) is 0 Å². The van der Waals surface area contributed by atoms with Crippen LogP contribution in [-0.4, -0.2) is 67.0 Å². The molecular weight excluding hydrogens is 1100 g/mol. The molecule has 446 valence electrons. The van der Waals surface area contributed by atoms with Crippen molar-refractivity contribution < 1.29 is 27.8 Å². The molecule has 2 aliphatic rings. The summed E-state index contributed by atoms with van der Waals surface area (Å²) >= 11 is 0. The first-order chi connectivity index (χ1) is 42.9. The van der Waals surface area contributed by atoms with Gasteiger partial charge in [-0.3, -0.25) is 8.47 Å². The van der Waals surface area contributed by atoms with Gasteiger partial charge in [0.1, 0.15) is 68.9 Å². The lowest BCUT2D eigenvalue weighted by Crippen LogP contribution is -2.64. The summed E-state index contributed by atoms with van der Waals surface area (Å²) in [6, 6.07) is 43.3. The Bertz CT molecular complexity index is 4720. The van der Waals surface area contributed by atoms with Crippen LogP contribution in [0.2, 0.25) is 0 Å². The average molecular weight is 1180 g/mol. The summed E-state index contributed by atoms with van der Waals surface area (Å²) in [5, 5.41) is 23.5. The number of hydrogen-bond donors (Lipinski definition) is 4. The van der Waals surface area contributed by atoms with Crippen LogP contribution in [0.3, 0.4) is 0 Å². The number of H-pyrrole nitrogens is 2. The molecule has 8 aromatic carbocycles. The summed E-state index contributed by atoms with van der Waals surface area (Å²) < 4.78 is 49.7. The first-order valence-electron chi connectivity index (χ1n) is 32.1. The van der Waals surface area contributed by atoms with Crippen LogP contribution in [0.25, 0.3) is 86.2 Å². The Morgan fingerprint density at radius 3 is 1.28 bits per heavy atom. The second-order valence-electron chi connectivity index (χ2n) is 23.3. The number of ether oxygens (including phenoxy) is 4. The molecule has 15 heteroatoms. The zero-order valence-electron chi connectivity index (χ0n) is 51.0. The normalized spacial score (nSPS) is 13.4. The Balaban J connectivity index is 1.29.